The van der Waals surface area contributed by atoms with Gasteiger partial charge in [-0.05, 0) is 24.3 Å². The van der Waals surface area contributed by atoms with Crippen LogP contribution in [-0.2, 0) is 7.05 Å². The number of fused-ring (bicyclic) bond motifs is 1. The molecule has 0 bridgehead atoms. The van der Waals surface area contributed by atoms with Gasteiger partial charge in [-0.1, -0.05) is 0 Å². The summed E-state index contributed by atoms with van der Waals surface area (Å²) in [6.45, 7) is 0. The average molecular weight is 415 g/mol. The number of aromatic nitrogens is 1. The van der Waals surface area contributed by atoms with Crippen molar-refractivity contribution in [2.75, 3.05) is 12.4 Å². The number of aryl methyl sites for hydroxylation is 1. The molecule has 0 unspecified atom stereocenters. The zero-order chi connectivity index (χ0) is 22.2. The van der Waals surface area contributed by atoms with Crippen LogP contribution in [0.4, 0.5) is 28.4 Å². The molecule has 0 spiro atoms. The summed E-state index contributed by atoms with van der Waals surface area (Å²) in [6, 6.07) is 7.73. The van der Waals surface area contributed by atoms with Crippen molar-refractivity contribution >= 4 is 39.3 Å². The molecule has 1 heterocycles. The van der Waals surface area contributed by atoms with Gasteiger partial charge in [-0.15, -0.1) is 0 Å². The van der Waals surface area contributed by atoms with E-state index in [0.29, 0.717) is 17.5 Å². The second-order valence-corrected chi connectivity index (χ2v) is 6.07. The van der Waals surface area contributed by atoms with Gasteiger partial charge in [0.1, 0.15) is 17.0 Å². The number of non-ortho nitro benzene ring substituents is 2. The van der Waals surface area contributed by atoms with Gasteiger partial charge >= 0.3 is 16.9 Å². The molecule has 0 radical (unpaired) electrons. The predicted octanol–water partition coefficient (Wildman–Crippen LogP) is 3.02. The Hall–Kier alpha value is -4.55. The molecule has 3 rings (SSSR count). The van der Waals surface area contributed by atoms with Crippen molar-refractivity contribution in [2.24, 2.45) is 7.05 Å². The molecule has 2 aromatic carbocycles. The summed E-state index contributed by atoms with van der Waals surface area (Å²) < 4.78 is 5.76. The fourth-order valence-electron chi connectivity index (χ4n) is 3.00. The van der Waals surface area contributed by atoms with Crippen molar-refractivity contribution in [1.29, 1.82) is 0 Å². The van der Waals surface area contributed by atoms with E-state index < -0.39 is 43.1 Å². The zero-order valence-corrected chi connectivity index (χ0v) is 15.5. The van der Waals surface area contributed by atoms with Crippen LogP contribution in [0.25, 0.3) is 10.9 Å². The third kappa shape index (κ3) is 3.34. The SMILES string of the molecule is COc1ccc(Nc2c([N+](=O)[O-])c(=O)n(C)c3c([N+](=O)[O-])cc([N+](=O)[O-])cc23)cc1. The standard InChI is InChI=1S/C17H13N5O8/c1-19-15-12(7-10(20(24)25)8-13(15)21(26)27)14(16(17(19)23)22(28)29)18-9-3-5-11(30-2)6-4-9/h3-8,18H,1-2H3. The van der Waals surface area contributed by atoms with Crippen molar-refractivity contribution in [3.05, 3.63) is 77.1 Å². The molecule has 13 nitrogen and oxygen atoms in total. The molecule has 13 heteroatoms. The Morgan fingerprint density at radius 1 is 0.967 bits per heavy atom. The highest BCUT2D eigenvalue weighted by Gasteiger charge is 2.31. The molecular formula is C17H13N5O8. The molecule has 0 atom stereocenters. The largest absolute Gasteiger partial charge is 0.497 e. The van der Waals surface area contributed by atoms with Gasteiger partial charge in [0.05, 0.1) is 27.9 Å². The van der Waals surface area contributed by atoms with Crippen LogP contribution < -0.4 is 15.6 Å². The Morgan fingerprint density at radius 2 is 1.60 bits per heavy atom. The summed E-state index contributed by atoms with van der Waals surface area (Å²) in [6.07, 6.45) is 0. The molecule has 0 saturated carbocycles. The maximum absolute atomic E-state index is 12.6. The van der Waals surface area contributed by atoms with E-state index >= 15 is 0 Å². The lowest BCUT2D eigenvalue weighted by molar-refractivity contribution is -0.393. The predicted molar refractivity (Wildman–Crippen MR) is 105 cm³/mol. The molecule has 30 heavy (non-hydrogen) atoms. The van der Waals surface area contributed by atoms with Gasteiger partial charge < -0.3 is 10.1 Å². The first-order chi connectivity index (χ1) is 14.1. The Morgan fingerprint density at radius 3 is 2.10 bits per heavy atom. The summed E-state index contributed by atoms with van der Waals surface area (Å²) in [5.41, 5.74) is -3.79. The van der Waals surface area contributed by atoms with Gasteiger partial charge in [0.25, 0.3) is 5.69 Å². The molecule has 0 aliphatic carbocycles. The first kappa shape index (κ1) is 20.2. The highest BCUT2D eigenvalue weighted by Crippen LogP contribution is 2.39. The van der Waals surface area contributed by atoms with Gasteiger partial charge in [0, 0.05) is 24.2 Å². The summed E-state index contributed by atoms with van der Waals surface area (Å²) in [5.74, 6) is 0.496. The molecule has 1 aromatic heterocycles. The number of methoxy groups -OCH3 is 1. The second-order valence-electron chi connectivity index (χ2n) is 6.07. The lowest BCUT2D eigenvalue weighted by Crippen LogP contribution is -2.22. The fraction of sp³-hybridized carbons (Fsp3) is 0.118. The number of ether oxygens (including phenoxy) is 1. The number of anilines is 2. The minimum atomic E-state index is -1.11. The number of nitrogens with zero attached hydrogens (tertiary/aromatic N) is 4. The lowest BCUT2D eigenvalue weighted by atomic mass is 10.1. The molecule has 0 saturated heterocycles. The third-order valence-corrected chi connectivity index (χ3v) is 4.37. The minimum Gasteiger partial charge on any atom is -0.497 e. The minimum absolute atomic E-state index is 0.222. The maximum atomic E-state index is 12.6. The van der Waals surface area contributed by atoms with Gasteiger partial charge in [0.2, 0.25) is 0 Å². The van der Waals surface area contributed by atoms with Crippen LogP contribution in [0.2, 0.25) is 0 Å². The normalized spacial score (nSPS) is 10.6. The van der Waals surface area contributed by atoms with Crippen LogP contribution >= 0.6 is 0 Å². The molecule has 3 aromatic rings. The molecule has 154 valence electrons. The Bertz CT molecular complexity index is 1270. The first-order valence-electron chi connectivity index (χ1n) is 8.20. The van der Waals surface area contributed by atoms with Crippen LogP contribution in [0.3, 0.4) is 0 Å². The van der Waals surface area contributed by atoms with Gasteiger partial charge in [0.15, 0.2) is 0 Å². The quantitative estimate of drug-likeness (QED) is 0.469. The second kappa shape index (κ2) is 7.46. The molecule has 0 fully saturated rings. The number of benzene rings is 2. The van der Waals surface area contributed by atoms with Crippen molar-refractivity contribution in [2.45, 2.75) is 0 Å². The third-order valence-electron chi connectivity index (χ3n) is 4.37. The van der Waals surface area contributed by atoms with E-state index in [1.165, 1.54) is 19.2 Å². The number of hydrogen-bond acceptors (Lipinski definition) is 9. The monoisotopic (exact) mass is 415 g/mol. The van der Waals surface area contributed by atoms with Gasteiger partial charge in [-0.25, -0.2) is 0 Å². The number of pyridine rings is 1. The van der Waals surface area contributed by atoms with Crippen molar-refractivity contribution < 1.29 is 19.5 Å². The molecular weight excluding hydrogens is 402 g/mol. The van der Waals surface area contributed by atoms with E-state index in [0.717, 1.165) is 17.7 Å². The van der Waals surface area contributed by atoms with E-state index in [-0.39, 0.29) is 10.9 Å². The topological polar surface area (TPSA) is 173 Å². The molecule has 0 aliphatic heterocycles. The van der Waals surface area contributed by atoms with E-state index in [1.54, 1.807) is 12.1 Å². The number of nitrogens with one attached hydrogen (secondary N) is 1. The van der Waals surface area contributed by atoms with Crippen molar-refractivity contribution in [1.82, 2.24) is 4.57 Å². The van der Waals surface area contributed by atoms with Gasteiger partial charge in [-0.2, -0.15) is 0 Å². The Labute approximate surface area is 166 Å². The Kier molecular flexibility index (Phi) is 5.02. The maximum Gasteiger partial charge on any atom is 0.357 e. The van der Waals surface area contributed by atoms with Crippen LogP contribution in [0, 0.1) is 30.3 Å². The molecule has 0 aliphatic rings. The van der Waals surface area contributed by atoms with E-state index in [4.69, 9.17) is 4.74 Å². The first-order valence-corrected chi connectivity index (χ1v) is 8.20. The highest BCUT2D eigenvalue weighted by molar-refractivity contribution is 6.03. The number of rotatable bonds is 6. The molecule has 1 N–H and O–H groups in total. The van der Waals surface area contributed by atoms with Crippen LogP contribution in [0.1, 0.15) is 0 Å². The summed E-state index contributed by atoms with van der Waals surface area (Å²) in [4.78, 5) is 44.4. The molecule has 0 amide bonds. The van der Waals surface area contributed by atoms with Crippen LogP contribution in [0.5, 0.6) is 5.75 Å². The zero-order valence-electron chi connectivity index (χ0n) is 15.5. The van der Waals surface area contributed by atoms with Crippen LogP contribution in [-0.4, -0.2) is 26.4 Å². The summed E-state index contributed by atoms with van der Waals surface area (Å²) in [7, 11) is 2.56. The smallest absolute Gasteiger partial charge is 0.357 e. The fourth-order valence-corrected chi connectivity index (χ4v) is 3.00. The van der Waals surface area contributed by atoms with Crippen LogP contribution in [0.15, 0.2) is 41.2 Å². The lowest BCUT2D eigenvalue weighted by Gasteiger charge is -2.13. The number of nitro benzene ring substituents is 2. The highest BCUT2D eigenvalue weighted by atomic mass is 16.6. The van der Waals surface area contributed by atoms with Gasteiger partial charge in [-0.3, -0.25) is 39.7 Å². The summed E-state index contributed by atoms with van der Waals surface area (Å²) >= 11 is 0. The number of nitro groups is 3. The van der Waals surface area contributed by atoms with E-state index in [1.807, 2.05) is 0 Å². The number of hydrogen-bond donors (Lipinski definition) is 1. The average Bonchev–Trinajstić information content (AvgIpc) is 2.71. The van der Waals surface area contributed by atoms with Crippen molar-refractivity contribution in [3.63, 3.8) is 0 Å². The van der Waals surface area contributed by atoms with E-state index in [2.05, 4.69) is 5.32 Å². The van der Waals surface area contributed by atoms with E-state index in [9.17, 15) is 35.1 Å². The van der Waals surface area contributed by atoms with Crippen molar-refractivity contribution in [3.8, 4) is 5.75 Å². The Balaban J connectivity index is 2.44. The summed E-state index contributed by atoms with van der Waals surface area (Å²) in [5, 5.41) is 36.9.